The van der Waals surface area contributed by atoms with Crippen molar-refractivity contribution in [3.63, 3.8) is 0 Å². The number of benzene rings is 2. The zero-order chi connectivity index (χ0) is 15.5. The maximum absolute atomic E-state index is 13.7. The molecule has 0 saturated heterocycles. The van der Waals surface area contributed by atoms with Crippen molar-refractivity contribution in [1.29, 1.82) is 0 Å². The first-order valence-corrected chi connectivity index (χ1v) is 7.95. The molecule has 112 valence electrons. The topological polar surface area (TPSA) is 72.2 Å². The fourth-order valence-corrected chi connectivity index (χ4v) is 3.12. The zero-order valence-electron chi connectivity index (χ0n) is 11.6. The first kappa shape index (κ1) is 15.6. The van der Waals surface area contributed by atoms with E-state index in [0.29, 0.717) is 0 Å². The van der Waals surface area contributed by atoms with E-state index < -0.39 is 15.8 Å². The van der Waals surface area contributed by atoms with Crippen LogP contribution in [0.1, 0.15) is 16.7 Å². The SMILES string of the molecule is Cc1cc(S(=O)(=O)NCc2ccccc2)cc(CN)c1F. The van der Waals surface area contributed by atoms with Crippen molar-refractivity contribution in [2.24, 2.45) is 5.73 Å². The van der Waals surface area contributed by atoms with E-state index in [1.54, 1.807) is 0 Å². The monoisotopic (exact) mass is 308 g/mol. The fourth-order valence-electron chi connectivity index (χ4n) is 1.97. The Morgan fingerprint density at radius 1 is 1.19 bits per heavy atom. The summed E-state index contributed by atoms with van der Waals surface area (Å²) in [5.41, 5.74) is 6.74. The molecule has 0 radical (unpaired) electrons. The summed E-state index contributed by atoms with van der Waals surface area (Å²) in [7, 11) is -3.70. The predicted octanol–water partition coefficient (Wildman–Crippen LogP) is 2.07. The second-order valence-corrected chi connectivity index (χ2v) is 6.49. The van der Waals surface area contributed by atoms with Crippen molar-refractivity contribution in [2.75, 3.05) is 0 Å². The van der Waals surface area contributed by atoms with E-state index in [1.807, 2.05) is 30.3 Å². The van der Waals surface area contributed by atoms with Gasteiger partial charge in [-0.2, -0.15) is 0 Å². The fraction of sp³-hybridized carbons (Fsp3) is 0.200. The molecule has 0 spiro atoms. The summed E-state index contributed by atoms with van der Waals surface area (Å²) < 4.78 is 40.7. The summed E-state index contributed by atoms with van der Waals surface area (Å²) >= 11 is 0. The molecule has 2 rings (SSSR count). The lowest BCUT2D eigenvalue weighted by molar-refractivity contribution is 0.577. The normalized spacial score (nSPS) is 11.6. The highest BCUT2D eigenvalue weighted by Gasteiger charge is 2.17. The Morgan fingerprint density at radius 2 is 1.86 bits per heavy atom. The van der Waals surface area contributed by atoms with Gasteiger partial charge in [-0.3, -0.25) is 0 Å². The van der Waals surface area contributed by atoms with Crippen LogP contribution in [0, 0.1) is 12.7 Å². The minimum atomic E-state index is -3.70. The number of nitrogens with one attached hydrogen (secondary N) is 1. The molecule has 4 nitrogen and oxygen atoms in total. The Labute approximate surface area is 123 Å². The van der Waals surface area contributed by atoms with Gasteiger partial charge in [0.05, 0.1) is 4.90 Å². The smallest absolute Gasteiger partial charge is 0.240 e. The molecule has 3 N–H and O–H groups in total. The van der Waals surface area contributed by atoms with Crippen molar-refractivity contribution in [2.45, 2.75) is 24.9 Å². The first-order chi connectivity index (χ1) is 9.94. The molecule has 0 atom stereocenters. The summed E-state index contributed by atoms with van der Waals surface area (Å²) in [5, 5.41) is 0. The highest BCUT2D eigenvalue weighted by molar-refractivity contribution is 7.89. The van der Waals surface area contributed by atoms with Gasteiger partial charge in [-0.05, 0) is 30.2 Å². The van der Waals surface area contributed by atoms with Crippen LogP contribution in [-0.2, 0) is 23.1 Å². The van der Waals surface area contributed by atoms with Gasteiger partial charge < -0.3 is 5.73 Å². The summed E-state index contributed by atoms with van der Waals surface area (Å²) in [6.07, 6.45) is 0. The van der Waals surface area contributed by atoms with Gasteiger partial charge in [-0.1, -0.05) is 30.3 Å². The minimum Gasteiger partial charge on any atom is -0.326 e. The molecule has 0 bridgehead atoms. The highest BCUT2D eigenvalue weighted by Crippen LogP contribution is 2.19. The average molecular weight is 308 g/mol. The molecule has 0 saturated carbocycles. The second-order valence-electron chi connectivity index (χ2n) is 4.73. The van der Waals surface area contributed by atoms with Crippen LogP contribution in [0.25, 0.3) is 0 Å². The Bertz CT molecular complexity index is 731. The van der Waals surface area contributed by atoms with Crippen molar-refractivity contribution >= 4 is 10.0 Å². The Morgan fingerprint density at radius 3 is 2.48 bits per heavy atom. The van der Waals surface area contributed by atoms with Crippen LogP contribution < -0.4 is 10.5 Å². The maximum atomic E-state index is 13.7. The summed E-state index contributed by atoms with van der Waals surface area (Å²) in [4.78, 5) is 0.0257. The van der Waals surface area contributed by atoms with Gasteiger partial charge in [-0.15, -0.1) is 0 Å². The van der Waals surface area contributed by atoms with Crippen molar-refractivity contribution in [1.82, 2.24) is 4.72 Å². The Balaban J connectivity index is 2.25. The lowest BCUT2D eigenvalue weighted by atomic mass is 10.1. The number of rotatable bonds is 5. The summed E-state index contributed by atoms with van der Waals surface area (Å²) in [5.74, 6) is -0.459. The molecule has 21 heavy (non-hydrogen) atoms. The summed E-state index contributed by atoms with van der Waals surface area (Å²) in [6, 6.07) is 11.7. The van der Waals surface area contributed by atoms with Crippen LogP contribution in [0.5, 0.6) is 0 Å². The van der Waals surface area contributed by atoms with Crippen LogP contribution in [0.15, 0.2) is 47.4 Å². The predicted molar refractivity (Wildman–Crippen MR) is 79.5 cm³/mol. The van der Waals surface area contributed by atoms with Gasteiger partial charge in [0, 0.05) is 18.7 Å². The maximum Gasteiger partial charge on any atom is 0.240 e. The minimum absolute atomic E-state index is 0.0257. The van der Waals surface area contributed by atoms with Gasteiger partial charge in [0.15, 0.2) is 0 Å². The lowest BCUT2D eigenvalue weighted by Crippen LogP contribution is -2.23. The van der Waals surface area contributed by atoms with Gasteiger partial charge in [0.1, 0.15) is 5.82 Å². The van der Waals surface area contributed by atoms with Gasteiger partial charge >= 0.3 is 0 Å². The van der Waals surface area contributed by atoms with Crippen LogP contribution in [0.2, 0.25) is 0 Å². The molecule has 0 heterocycles. The third kappa shape index (κ3) is 3.66. The number of halogens is 1. The number of hydrogen-bond donors (Lipinski definition) is 2. The van der Waals surface area contributed by atoms with Crippen LogP contribution in [-0.4, -0.2) is 8.42 Å². The van der Waals surface area contributed by atoms with Gasteiger partial charge in [-0.25, -0.2) is 17.5 Å². The van der Waals surface area contributed by atoms with E-state index >= 15 is 0 Å². The molecule has 0 unspecified atom stereocenters. The summed E-state index contributed by atoms with van der Waals surface area (Å²) in [6.45, 7) is 1.65. The van der Waals surface area contributed by atoms with E-state index in [0.717, 1.165) is 5.56 Å². The standard InChI is InChI=1S/C15H17FN2O2S/c1-11-7-14(8-13(9-17)15(11)16)21(19,20)18-10-12-5-3-2-4-6-12/h2-8,18H,9-10,17H2,1H3. The Hall–Kier alpha value is -1.76. The molecule has 0 amide bonds. The zero-order valence-corrected chi connectivity index (χ0v) is 12.5. The van der Waals surface area contributed by atoms with Crippen molar-refractivity contribution in [3.05, 3.63) is 65.0 Å². The lowest BCUT2D eigenvalue weighted by Gasteiger charge is -2.10. The van der Waals surface area contributed by atoms with E-state index in [-0.39, 0.29) is 29.1 Å². The van der Waals surface area contributed by atoms with Crippen LogP contribution in [0.4, 0.5) is 4.39 Å². The van der Waals surface area contributed by atoms with E-state index in [1.165, 1.54) is 19.1 Å². The second kappa shape index (κ2) is 6.34. The third-order valence-corrected chi connectivity index (χ3v) is 4.52. The first-order valence-electron chi connectivity index (χ1n) is 6.46. The molecule has 0 aliphatic carbocycles. The molecular formula is C15H17FN2O2S. The molecule has 0 aliphatic rings. The molecule has 6 heteroatoms. The van der Waals surface area contributed by atoms with E-state index in [4.69, 9.17) is 5.73 Å². The molecular weight excluding hydrogens is 291 g/mol. The number of sulfonamides is 1. The van der Waals surface area contributed by atoms with Crippen molar-refractivity contribution < 1.29 is 12.8 Å². The molecule has 2 aromatic carbocycles. The molecule has 0 fully saturated rings. The van der Waals surface area contributed by atoms with Gasteiger partial charge in [0.2, 0.25) is 10.0 Å². The van der Waals surface area contributed by atoms with E-state index in [2.05, 4.69) is 4.72 Å². The average Bonchev–Trinajstić information content (AvgIpc) is 2.49. The van der Waals surface area contributed by atoms with E-state index in [9.17, 15) is 12.8 Å². The number of hydrogen-bond acceptors (Lipinski definition) is 3. The van der Waals surface area contributed by atoms with Gasteiger partial charge in [0.25, 0.3) is 0 Å². The largest absolute Gasteiger partial charge is 0.326 e. The molecule has 0 aliphatic heterocycles. The number of nitrogens with two attached hydrogens (primary N) is 1. The van der Waals surface area contributed by atoms with Crippen LogP contribution in [0.3, 0.4) is 0 Å². The number of aryl methyl sites for hydroxylation is 1. The Kier molecular flexibility index (Phi) is 4.72. The van der Waals surface area contributed by atoms with Crippen molar-refractivity contribution in [3.8, 4) is 0 Å². The highest BCUT2D eigenvalue weighted by atomic mass is 32.2. The molecule has 2 aromatic rings. The third-order valence-electron chi connectivity index (χ3n) is 3.14. The molecule has 0 aromatic heterocycles. The quantitative estimate of drug-likeness (QED) is 0.888. The van der Waals surface area contributed by atoms with Crippen LogP contribution >= 0.6 is 0 Å².